The Balaban J connectivity index is 1.46. The SMILES string of the molecule is CN(CC(=O)Nc1cc(S(=O)(=O)N2CCOCC2)ccc1Cl)[C@@H]1CCCc2ccccc21. The van der Waals surface area contributed by atoms with E-state index in [1.165, 1.54) is 33.6 Å². The summed E-state index contributed by atoms with van der Waals surface area (Å²) < 4.78 is 32.5. The molecule has 0 radical (unpaired) electrons. The third-order valence-corrected chi connectivity index (χ3v) is 8.31. The molecule has 32 heavy (non-hydrogen) atoms. The van der Waals surface area contributed by atoms with Gasteiger partial charge in [-0.1, -0.05) is 35.9 Å². The lowest BCUT2D eigenvalue weighted by molar-refractivity contribution is -0.117. The first-order chi connectivity index (χ1) is 15.4. The molecule has 1 fully saturated rings. The minimum absolute atomic E-state index is 0.105. The standard InChI is InChI=1S/C23H28ClN3O4S/c1-26(22-8-4-6-17-5-2-3-7-19(17)22)16-23(28)25-21-15-18(9-10-20(21)24)32(29,30)27-11-13-31-14-12-27/h2-3,5,7,9-10,15,22H,4,6,8,11-14,16H2,1H3,(H,25,28)/t22-/m1/s1. The lowest BCUT2D eigenvalue weighted by Crippen LogP contribution is -2.40. The molecule has 1 aliphatic carbocycles. The van der Waals surface area contributed by atoms with Crippen LogP contribution in [0.25, 0.3) is 0 Å². The number of benzene rings is 2. The lowest BCUT2D eigenvalue weighted by Gasteiger charge is -2.33. The van der Waals surface area contributed by atoms with Crippen LogP contribution in [0.3, 0.4) is 0 Å². The molecule has 0 saturated carbocycles. The van der Waals surface area contributed by atoms with Crippen LogP contribution in [0.1, 0.15) is 30.0 Å². The fourth-order valence-corrected chi connectivity index (χ4v) is 6.01. The molecule has 9 heteroatoms. The van der Waals surface area contributed by atoms with Crippen molar-refractivity contribution in [1.82, 2.24) is 9.21 Å². The van der Waals surface area contributed by atoms with Crippen LogP contribution in [0.15, 0.2) is 47.4 Å². The molecule has 1 N–H and O–H groups in total. The third-order valence-electron chi connectivity index (χ3n) is 6.08. The number of aryl methyl sites for hydroxylation is 1. The molecule has 7 nitrogen and oxygen atoms in total. The lowest BCUT2D eigenvalue weighted by atomic mass is 9.87. The Kier molecular flexibility index (Phi) is 7.17. The predicted octanol–water partition coefficient (Wildman–Crippen LogP) is 3.31. The number of likely N-dealkylation sites (N-methyl/N-ethyl adjacent to an activating group) is 1. The number of nitrogens with one attached hydrogen (secondary N) is 1. The summed E-state index contributed by atoms with van der Waals surface area (Å²) in [4.78, 5) is 14.9. The van der Waals surface area contributed by atoms with Gasteiger partial charge in [0.25, 0.3) is 0 Å². The fraction of sp³-hybridized carbons (Fsp3) is 0.435. The molecule has 1 amide bonds. The van der Waals surface area contributed by atoms with E-state index < -0.39 is 10.0 Å². The van der Waals surface area contributed by atoms with Gasteiger partial charge in [-0.05, 0) is 55.6 Å². The fourth-order valence-electron chi connectivity index (χ4n) is 4.41. The highest BCUT2D eigenvalue weighted by molar-refractivity contribution is 7.89. The summed E-state index contributed by atoms with van der Waals surface area (Å²) >= 11 is 6.27. The Hall–Kier alpha value is -1.97. The number of halogens is 1. The molecule has 0 bridgehead atoms. The number of sulfonamides is 1. The molecular formula is C23H28ClN3O4S. The van der Waals surface area contributed by atoms with E-state index in [9.17, 15) is 13.2 Å². The Morgan fingerprint density at radius 2 is 1.97 bits per heavy atom. The van der Waals surface area contributed by atoms with Gasteiger partial charge in [-0.25, -0.2) is 8.42 Å². The van der Waals surface area contributed by atoms with Gasteiger partial charge < -0.3 is 10.1 Å². The molecule has 1 aliphatic heterocycles. The van der Waals surface area contributed by atoms with Gasteiger partial charge in [0.2, 0.25) is 15.9 Å². The van der Waals surface area contributed by atoms with E-state index in [-0.39, 0.29) is 23.4 Å². The van der Waals surface area contributed by atoms with E-state index in [0.29, 0.717) is 37.0 Å². The largest absolute Gasteiger partial charge is 0.379 e. The predicted molar refractivity (Wildman–Crippen MR) is 124 cm³/mol. The number of hydrogen-bond donors (Lipinski definition) is 1. The van der Waals surface area contributed by atoms with Gasteiger partial charge in [0.1, 0.15) is 0 Å². The molecule has 172 valence electrons. The van der Waals surface area contributed by atoms with Gasteiger partial charge in [-0.3, -0.25) is 9.69 Å². The van der Waals surface area contributed by atoms with Crippen molar-refractivity contribution in [2.75, 3.05) is 45.2 Å². The summed E-state index contributed by atoms with van der Waals surface area (Å²) in [7, 11) is -1.74. The zero-order chi connectivity index (χ0) is 22.7. The van der Waals surface area contributed by atoms with Crippen LogP contribution in [-0.4, -0.2) is 63.4 Å². The first-order valence-electron chi connectivity index (χ1n) is 10.8. The summed E-state index contributed by atoms with van der Waals surface area (Å²) in [5, 5.41) is 3.10. The van der Waals surface area contributed by atoms with Crippen molar-refractivity contribution in [3.63, 3.8) is 0 Å². The Morgan fingerprint density at radius 3 is 2.75 bits per heavy atom. The van der Waals surface area contributed by atoms with Crippen LogP contribution in [0, 0.1) is 0 Å². The van der Waals surface area contributed by atoms with Crippen LogP contribution in [0.4, 0.5) is 5.69 Å². The first kappa shape index (κ1) is 23.2. The number of carbonyl (C=O) groups excluding carboxylic acids is 1. The zero-order valence-electron chi connectivity index (χ0n) is 18.1. The number of hydrogen-bond acceptors (Lipinski definition) is 5. The molecular weight excluding hydrogens is 450 g/mol. The van der Waals surface area contributed by atoms with Crippen LogP contribution in [-0.2, 0) is 26.0 Å². The number of carbonyl (C=O) groups is 1. The summed E-state index contributed by atoms with van der Waals surface area (Å²) in [6.07, 6.45) is 3.14. The summed E-state index contributed by atoms with van der Waals surface area (Å²) in [6, 6.07) is 12.9. The molecule has 0 unspecified atom stereocenters. The Bertz CT molecular complexity index is 1090. The number of rotatable bonds is 6. The van der Waals surface area contributed by atoms with E-state index in [1.807, 2.05) is 24.1 Å². The van der Waals surface area contributed by atoms with Crippen molar-refractivity contribution in [3.05, 3.63) is 58.6 Å². The minimum Gasteiger partial charge on any atom is -0.379 e. The van der Waals surface area contributed by atoms with Gasteiger partial charge in [0.05, 0.1) is 35.4 Å². The smallest absolute Gasteiger partial charge is 0.243 e. The Labute approximate surface area is 194 Å². The van der Waals surface area contributed by atoms with Gasteiger partial charge in [0.15, 0.2) is 0 Å². The number of nitrogens with zero attached hydrogens (tertiary/aromatic N) is 2. The maximum atomic E-state index is 12.9. The van der Waals surface area contributed by atoms with Gasteiger partial charge in [-0.15, -0.1) is 0 Å². The normalized spacial score (nSPS) is 19.5. The van der Waals surface area contributed by atoms with Crippen molar-refractivity contribution in [3.8, 4) is 0 Å². The summed E-state index contributed by atoms with van der Waals surface area (Å²) in [5.41, 5.74) is 2.90. The molecule has 2 aromatic carbocycles. The Morgan fingerprint density at radius 1 is 1.22 bits per heavy atom. The average molecular weight is 478 g/mol. The van der Waals surface area contributed by atoms with Crippen molar-refractivity contribution in [2.45, 2.75) is 30.2 Å². The molecule has 1 atom stereocenters. The number of anilines is 1. The quantitative estimate of drug-likeness (QED) is 0.690. The maximum absolute atomic E-state index is 12.9. The van der Waals surface area contributed by atoms with E-state index >= 15 is 0 Å². The van der Waals surface area contributed by atoms with Crippen LogP contribution < -0.4 is 5.32 Å². The monoisotopic (exact) mass is 477 g/mol. The highest BCUT2D eigenvalue weighted by atomic mass is 35.5. The van der Waals surface area contributed by atoms with Crippen LogP contribution >= 0.6 is 11.6 Å². The second kappa shape index (κ2) is 9.89. The summed E-state index contributed by atoms with van der Waals surface area (Å²) in [5.74, 6) is -0.238. The molecule has 2 aliphatic rings. The van der Waals surface area contributed by atoms with E-state index in [2.05, 4.69) is 17.4 Å². The number of fused-ring (bicyclic) bond motifs is 1. The van der Waals surface area contributed by atoms with Crippen molar-refractivity contribution >= 4 is 33.2 Å². The average Bonchev–Trinajstić information content (AvgIpc) is 2.80. The van der Waals surface area contributed by atoms with Crippen molar-refractivity contribution < 1.29 is 17.9 Å². The second-order valence-corrected chi connectivity index (χ2v) is 10.6. The first-order valence-corrected chi connectivity index (χ1v) is 12.6. The number of amides is 1. The molecule has 1 saturated heterocycles. The van der Waals surface area contributed by atoms with Gasteiger partial charge in [0, 0.05) is 19.1 Å². The second-order valence-electron chi connectivity index (χ2n) is 8.23. The molecule has 2 aromatic rings. The summed E-state index contributed by atoms with van der Waals surface area (Å²) in [6.45, 7) is 1.52. The minimum atomic E-state index is -3.68. The van der Waals surface area contributed by atoms with E-state index in [1.54, 1.807) is 0 Å². The highest BCUT2D eigenvalue weighted by Crippen LogP contribution is 2.33. The van der Waals surface area contributed by atoms with E-state index in [0.717, 1.165) is 19.3 Å². The topological polar surface area (TPSA) is 79.0 Å². The van der Waals surface area contributed by atoms with Gasteiger partial charge >= 0.3 is 0 Å². The van der Waals surface area contributed by atoms with Crippen molar-refractivity contribution in [2.24, 2.45) is 0 Å². The highest BCUT2D eigenvalue weighted by Gasteiger charge is 2.28. The van der Waals surface area contributed by atoms with Gasteiger partial charge in [-0.2, -0.15) is 4.31 Å². The number of ether oxygens (including phenoxy) is 1. The van der Waals surface area contributed by atoms with Crippen LogP contribution in [0.2, 0.25) is 5.02 Å². The number of morpholine rings is 1. The maximum Gasteiger partial charge on any atom is 0.243 e. The molecule has 1 heterocycles. The molecule has 0 spiro atoms. The third kappa shape index (κ3) is 5.00. The van der Waals surface area contributed by atoms with Crippen molar-refractivity contribution in [1.29, 1.82) is 0 Å². The zero-order valence-corrected chi connectivity index (χ0v) is 19.7. The molecule has 0 aromatic heterocycles. The molecule has 4 rings (SSSR count). The van der Waals surface area contributed by atoms with Crippen LogP contribution in [0.5, 0.6) is 0 Å². The van der Waals surface area contributed by atoms with E-state index in [4.69, 9.17) is 16.3 Å².